The van der Waals surface area contributed by atoms with Gasteiger partial charge in [-0.05, 0) is 18.6 Å². The number of aromatic nitrogens is 1. The molecule has 2 nitrogen and oxygen atoms in total. The molecule has 74 valence electrons. The molecule has 0 radical (unpaired) electrons. The summed E-state index contributed by atoms with van der Waals surface area (Å²) in [5.74, 6) is 2.47. The van der Waals surface area contributed by atoms with Gasteiger partial charge in [-0.3, -0.25) is 0 Å². The smallest absolute Gasteiger partial charge is 0.165 e. The van der Waals surface area contributed by atoms with Gasteiger partial charge in [-0.15, -0.1) is 12.3 Å². The zero-order valence-electron chi connectivity index (χ0n) is 8.13. The minimum Gasteiger partial charge on any atom is -0.364 e. The molecule has 0 spiro atoms. The van der Waals surface area contributed by atoms with Gasteiger partial charge in [0.15, 0.2) is 11.6 Å². The van der Waals surface area contributed by atoms with E-state index >= 15 is 0 Å². The Hall–Kier alpha value is -1.56. The lowest BCUT2D eigenvalue weighted by atomic mass is 10.1. The summed E-state index contributed by atoms with van der Waals surface area (Å²) in [6.45, 7) is 2.00. The molecule has 0 saturated heterocycles. The van der Waals surface area contributed by atoms with Crippen molar-refractivity contribution in [3.8, 4) is 12.3 Å². The number of terminal acetylenes is 1. The molecule has 0 aliphatic carbocycles. The summed E-state index contributed by atoms with van der Waals surface area (Å²) < 4.78 is 13.1. The Morgan fingerprint density at radius 2 is 2.50 bits per heavy atom. The number of pyridine rings is 1. The van der Waals surface area contributed by atoms with Gasteiger partial charge in [0.1, 0.15) is 0 Å². The van der Waals surface area contributed by atoms with E-state index < -0.39 is 0 Å². The molecule has 1 aromatic heterocycles. The molecule has 1 heterocycles. The standard InChI is InChI=1S/C11H13FN2/c1-3-6-9(4-2)14-11-10(12)7-5-8-13-11/h1,5,7-9H,4,6H2,2H3,(H,13,14). The lowest BCUT2D eigenvalue weighted by Crippen LogP contribution is -2.19. The molecule has 0 fully saturated rings. The van der Waals surface area contributed by atoms with E-state index in [2.05, 4.69) is 16.2 Å². The van der Waals surface area contributed by atoms with E-state index in [1.807, 2.05) is 6.92 Å². The fourth-order valence-corrected chi connectivity index (χ4v) is 1.12. The monoisotopic (exact) mass is 192 g/mol. The molecule has 1 N–H and O–H groups in total. The first-order chi connectivity index (χ1) is 6.77. The van der Waals surface area contributed by atoms with Gasteiger partial charge in [0, 0.05) is 18.7 Å². The van der Waals surface area contributed by atoms with Crippen LogP contribution in [0.1, 0.15) is 19.8 Å². The quantitative estimate of drug-likeness (QED) is 0.741. The van der Waals surface area contributed by atoms with Gasteiger partial charge in [0.05, 0.1) is 0 Å². The molecule has 1 rings (SSSR count). The Morgan fingerprint density at radius 3 is 3.07 bits per heavy atom. The number of rotatable bonds is 4. The number of nitrogens with one attached hydrogen (secondary N) is 1. The van der Waals surface area contributed by atoms with Crippen LogP contribution in [0.5, 0.6) is 0 Å². The van der Waals surface area contributed by atoms with E-state index in [4.69, 9.17) is 6.42 Å². The van der Waals surface area contributed by atoms with Crippen LogP contribution in [0.4, 0.5) is 10.2 Å². The summed E-state index contributed by atoms with van der Waals surface area (Å²) >= 11 is 0. The lowest BCUT2D eigenvalue weighted by Gasteiger charge is -2.14. The average molecular weight is 192 g/mol. The van der Waals surface area contributed by atoms with E-state index in [9.17, 15) is 4.39 Å². The Balaban J connectivity index is 2.68. The van der Waals surface area contributed by atoms with Crippen molar-refractivity contribution in [2.45, 2.75) is 25.8 Å². The second kappa shape index (κ2) is 5.23. The SMILES string of the molecule is C#CCC(CC)Nc1ncccc1F. The number of halogens is 1. The van der Waals surface area contributed by atoms with Gasteiger partial charge < -0.3 is 5.32 Å². The molecule has 1 aromatic rings. The first kappa shape index (κ1) is 10.5. The van der Waals surface area contributed by atoms with Crippen LogP contribution in [0.2, 0.25) is 0 Å². The number of hydrogen-bond acceptors (Lipinski definition) is 2. The Kier molecular flexibility index (Phi) is 3.93. The minimum absolute atomic E-state index is 0.0874. The Bertz CT molecular complexity index is 330. The summed E-state index contributed by atoms with van der Waals surface area (Å²) in [5.41, 5.74) is 0. The fourth-order valence-electron chi connectivity index (χ4n) is 1.12. The van der Waals surface area contributed by atoms with Crippen molar-refractivity contribution in [3.63, 3.8) is 0 Å². The van der Waals surface area contributed by atoms with Crippen LogP contribution in [0.3, 0.4) is 0 Å². The maximum Gasteiger partial charge on any atom is 0.165 e. The largest absolute Gasteiger partial charge is 0.364 e. The molecule has 0 bridgehead atoms. The molecular formula is C11H13FN2. The summed E-state index contributed by atoms with van der Waals surface area (Å²) in [4.78, 5) is 3.89. The van der Waals surface area contributed by atoms with Crippen LogP contribution in [-0.2, 0) is 0 Å². The predicted molar refractivity (Wildman–Crippen MR) is 55.3 cm³/mol. The topological polar surface area (TPSA) is 24.9 Å². The second-order valence-electron chi connectivity index (χ2n) is 2.99. The molecule has 1 atom stereocenters. The Morgan fingerprint density at radius 1 is 1.71 bits per heavy atom. The van der Waals surface area contributed by atoms with Crippen LogP contribution in [0.25, 0.3) is 0 Å². The van der Waals surface area contributed by atoms with Gasteiger partial charge >= 0.3 is 0 Å². The van der Waals surface area contributed by atoms with Gasteiger partial charge in [-0.1, -0.05) is 6.92 Å². The third-order valence-electron chi connectivity index (χ3n) is 1.96. The van der Waals surface area contributed by atoms with Crippen LogP contribution in [0.15, 0.2) is 18.3 Å². The molecule has 3 heteroatoms. The van der Waals surface area contributed by atoms with Crippen LogP contribution in [0, 0.1) is 18.2 Å². The summed E-state index contributed by atoms with van der Waals surface area (Å²) in [6.07, 6.45) is 8.17. The van der Waals surface area contributed by atoms with Crippen molar-refractivity contribution < 1.29 is 4.39 Å². The van der Waals surface area contributed by atoms with Crippen molar-refractivity contribution >= 4 is 5.82 Å². The predicted octanol–water partition coefficient (Wildman–Crippen LogP) is 2.43. The van der Waals surface area contributed by atoms with Crippen molar-refractivity contribution in [1.82, 2.24) is 4.98 Å². The van der Waals surface area contributed by atoms with Gasteiger partial charge in [-0.2, -0.15) is 0 Å². The summed E-state index contributed by atoms with van der Waals surface area (Å²) in [5, 5.41) is 2.97. The molecule has 0 aromatic carbocycles. The molecule has 0 aliphatic rings. The zero-order valence-corrected chi connectivity index (χ0v) is 8.13. The highest BCUT2D eigenvalue weighted by Crippen LogP contribution is 2.12. The number of anilines is 1. The highest BCUT2D eigenvalue weighted by atomic mass is 19.1. The first-order valence-corrected chi connectivity index (χ1v) is 4.58. The molecule has 1 unspecified atom stereocenters. The van der Waals surface area contributed by atoms with Gasteiger partial charge in [0.2, 0.25) is 0 Å². The molecule has 14 heavy (non-hydrogen) atoms. The average Bonchev–Trinajstić information content (AvgIpc) is 2.20. The Labute approximate surface area is 83.6 Å². The fraction of sp³-hybridized carbons (Fsp3) is 0.364. The molecule has 0 aliphatic heterocycles. The maximum atomic E-state index is 13.1. The normalized spacial score (nSPS) is 11.8. The molecule has 0 amide bonds. The van der Waals surface area contributed by atoms with E-state index in [-0.39, 0.29) is 17.7 Å². The van der Waals surface area contributed by atoms with Crippen molar-refractivity contribution in [3.05, 3.63) is 24.1 Å². The third kappa shape index (κ3) is 2.74. The third-order valence-corrected chi connectivity index (χ3v) is 1.96. The number of nitrogens with zero attached hydrogens (tertiary/aromatic N) is 1. The minimum atomic E-state index is -0.344. The van der Waals surface area contributed by atoms with Gasteiger partial charge in [0.25, 0.3) is 0 Å². The summed E-state index contributed by atoms with van der Waals surface area (Å²) in [6, 6.07) is 3.02. The number of hydrogen-bond donors (Lipinski definition) is 1. The van der Waals surface area contributed by atoms with Crippen LogP contribution in [-0.4, -0.2) is 11.0 Å². The van der Waals surface area contributed by atoms with E-state index in [0.717, 1.165) is 6.42 Å². The van der Waals surface area contributed by atoms with E-state index in [1.165, 1.54) is 6.07 Å². The maximum absolute atomic E-state index is 13.1. The molecular weight excluding hydrogens is 179 g/mol. The highest BCUT2D eigenvalue weighted by molar-refractivity contribution is 5.36. The van der Waals surface area contributed by atoms with Crippen LogP contribution < -0.4 is 5.32 Å². The molecule has 0 saturated carbocycles. The highest BCUT2D eigenvalue weighted by Gasteiger charge is 2.08. The first-order valence-electron chi connectivity index (χ1n) is 4.58. The van der Waals surface area contributed by atoms with E-state index in [0.29, 0.717) is 6.42 Å². The van der Waals surface area contributed by atoms with E-state index in [1.54, 1.807) is 12.3 Å². The van der Waals surface area contributed by atoms with Crippen molar-refractivity contribution in [2.24, 2.45) is 0 Å². The van der Waals surface area contributed by atoms with Gasteiger partial charge in [-0.25, -0.2) is 9.37 Å². The zero-order chi connectivity index (χ0) is 10.4. The summed E-state index contributed by atoms with van der Waals surface area (Å²) in [7, 11) is 0. The second-order valence-corrected chi connectivity index (χ2v) is 2.99. The van der Waals surface area contributed by atoms with Crippen molar-refractivity contribution in [1.29, 1.82) is 0 Å². The van der Waals surface area contributed by atoms with Crippen LogP contribution >= 0.6 is 0 Å². The lowest BCUT2D eigenvalue weighted by molar-refractivity contribution is 0.614. The van der Waals surface area contributed by atoms with Crippen molar-refractivity contribution in [2.75, 3.05) is 5.32 Å².